The summed E-state index contributed by atoms with van der Waals surface area (Å²) in [4.78, 5) is 19.1. The van der Waals surface area contributed by atoms with Gasteiger partial charge in [-0.1, -0.05) is 0 Å². The SMILES string of the molecule is CCOC(=O)[C@@H]1CCCN(c2cc(C)c3cc(OC)c(OC)cc3n2)C1. The Balaban J connectivity index is 1.93. The lowest BCUT2D eigenvalue weighted by Gasteiger charge is -2.32. The number of rotatable bonds is 5. The molecule has 0 bridgehead atoms. The number of hydrogen-bond acceptors (Lipinski definition) is 6. The average Bonchev–Trinajstić information content (AvgIpc) is 2.67. The van der Waals surface area contributed by atoms with Crippen LogP contribution in [-0.4, -0.2) is 44.9 Å². The Hall–Kier alpha value is -2.50. The lowest BCUT2D eigenvalue weighted by molar-refractivity contribution is -0.148. The molecule has 0 aliphatic carbocycles. The number of anilines is 1. The van der Waals surface area contributed by atoms with Crippen LogP contribution < -0.4 is 14.4 Å². The van der Waals surface area contributed by atoms with Crippen molar-refractivity contribution < 1.29 is 19.0 Å². The maximum atomic E-state index is 12.1. The van der Waals surface area contributed by atoms with E-state index in [2.05, 4.69) is 17.9 Å². The summed E-state index contributed by atoms with van der Waals surface area (Å²) in [7, 11) is 3.25. The number of methoxy groups -OCH3 is 2. The molecule has 0 unspecified atom stereocenters. The second-order valence-electron chi connectivity index (χ2n) is 6.56. The molecule has 2 aromatic rings. The van der Waals surface area contributed by atoms with Crippen LogP contribution in [0, 0.1) is 12.8 Å². The molecule has 1 aliphatic heterocycles. The number of hydrogen-bond donors (Lipinski definition) is 0. The van der Waals surface area contributed by atoms with Crippen molar-refractivity contribution in [3.8, 4) is 11.5 Å². The number of carbonyl (C=O) groups excluding carboxylic acids is 1. The first kappa shape index (κ1) is 18.3. The number of aromatic nitrogens is 1. The van der Waals surface area contributed by atoms with E-state index in [4.69, 9.17) is 19.2 Å². The van der Waals surface area contributed by atoms with Crippen LogP contribution in [0.2, 0.25) is 0 Å². The number of esters is 1. The highest BCUT2D eigenvalue weighted by Crippen LogP contribution is 2.34. The van der Waals surface area contributed by atoms with Gasteiger partial charge in [0.05, 0.1) is 32.3 Å². The topological polar surface area (TPSA) is 60.9 Å². The summed E-state index contributed by atoms with van der Waals surface area (Å²) < 4.78 is 16.0. The minimum Gasteiger partial charge on any atom is -0.493 e. The molecule has 0 saturated carbocycles. The Morgan fingerprint density at radius 1 is 1.23 bits per heavy atom. The molecule has 1 aromatic carbocycles. The van der Waals surface area contributed by atoms with Crippen molar-refractivity contribution in [1.82, 2.24) is 4.98 Å². The number of fused-ring (bicyclic) bond motifs is 1. The number of carbonyl (C=O) groups is 1. The van der Waals surface area contributed by atoms with Gasteiger partial charge < -0.3 is 19.1 Å². The summed E-state index contributed by atoms with van der Waals surface area (Å²) in [6.45, 7) is 5.86. The highest BCUT2D eigenvalue weighted by molar-refractivity contribution is 5.87. The number of pyridine rings is 1. The van der Waals surface area contributed by atoms with Crippen molar-refractivity contribution in [2.24, 2.45) is 5.92 Å². The predicted octanol–water partition coefficient (Wildman–Crippen LogP) is 3.34. The maximum absolute atomic E-state index is 12.1. The molecule has 0 radical (unpaired) electrons. The van der Waals surface area contributed by atoms with Crippen molar-refractivity contribution >= 4 is 22.7 Å². The lowest BCUT2D eigenvalue weighted by Crippen LogP contribution is -2.39. The third-order valence-corrected chi connectivity index (χ3v) is 4.87. The molecule has 0 amide bonds. The zero-order valence-corrected chi connectivity index (χ0v) is 15.9. The van der Waals surface area contributed by atoms with Crippen LogP contribution in [0.4, 0.5) is 5.82 Å². The molecule has 140 valence electrons. The second-order valence-corrected chi connectivity index (χ2v) is 6.56. The first-order valence-corrected chi connectivity index (χ1v) is 9.02. The third kappa shape index (κ3) is 3.54. The largest absolute Gasteiger partial charge is 0.493 e. The van der Waals surface area contributed by atoms with E-state index in [9.17, 15) is 4.79 Å². The van der Waals surface area contributed by atoms with Crippen molar-refractivity contribution in [2.45, 2.75) is 26.7 Å². The third-order valence-electron chi connectivity index (χ3n) is 4.87. The maximum Gasteiger partial charge on any atom is 0.310 e. The van der Waals surface area contributed by atoms with E-state index in [-0.39, 0.29) is 11.9 Å². The summed E-state index contributed by atoms with van der Waals surface area (Å²) in [5.41, 5.74) is 1.97. The highest BCUT2D eigenvalue weighted by Gasteiger charge is 2.28. The van der Waals surface area contributed by atoms with E-state index in [1.807, 2.05) is 19.1 Å². The van der Waals surface area contributed by atoms with Gasteiger partial charge in [-0.05, 0) is 44.4 Å². The van der Waals surface area contributed by atoms with Gasteiger partial charge in [0.2, 0.25) is 0 Å². The van der Waals surface area contributed by atoms with Gasteiger partial charge in [0.15, 0.2) is 11.5 Å². The van der Waals surface area contributed by atoms with Crippen molar-refractivity contribution in [3.63, 3.8) is 0 Å². The summed E-state index contributed by atoms with van der Waals surface area (Å²) in [6, 6.07) is 5.93. The van der Waals surface area contributed by atoms with Gasteiger partial charge >= 0.3 is 5.97 Å². The van der Waals surface area contributed by atoms with Gasteiger partial charge in [0, 0.05) is 24.5 Å². The van der Waals surface area contributed by atoms with E-state index in [1.54, 1.807) is 14.2 Å². The van der Waals surface area contributed by atoms with E-state index in [1.165, 1.54) is 0 Å². The summed E-state index contributed by atoms with van der Waals surface area (Å²) >= 11 is 0. The normalized spacial score (nSPS) is 17.2. The zero-order chi connectivity index (χ0) is 18.7. The van der Waals surface area contributed by atoms with E-state index in [0.29, 0.717) is 24.7 Å². The molecule has 3 rings (SSSR count). The minimum atomic E-state index is -0.110. The Bertz CT molecular complexity index is 806. The van der Waals surface area contributed by atoms with Crippen LogP contribution in [-0.2, 0) is 9.53 Å². The van der Waals surface area contributed by atoms with Gasteiger partial charge in [-0.3, -0.25) is 4.79 Å². The van der Waals surface area contributed by atoms with E-state index in [0.717, 1.165) is 41.7 Å². The van der Waals surface area contributed by atoms with Gasteiger partial charge in [-0.25, -0.2) is 4.98 Å². The molecule has 1 aliphatic rings. The predicted molar refractivity (Wildman–Crippen MR) is 101 cm³/mol. The summed E-state index contributed by atoms with van der Waals surface area (Å²) in [5, 5.41) is 1.03. The Kier molecular flexibility index (Phi) is 5.49. The Morgan fingerprint density at radius 2 is 1.96 bits per heavy atom. The van der Waals surface area contributed by atoms with Crippen LogP contribution in [0.25, 0.3) is 10.9 Å². The second kappa shape index (κ2) is 7.81. The fourth-order valence-electron chi connectivity index (χ4n) is 3.50. The molecule has 2 heterocycles. The van der Waals surface area contributed by atoms with Crippen LogP contribution in [0.15, 0.2) is 18.2 Å². The zero-order valence-electron chi connectivity index (χ0n) is 15.9. The summed E-state index contributed by atoms with van der Waals surface area (Å²) in [5.74, 6) is 2.04. The van der Waals surface area contributed by atoms with E-state index >= 15 is 0 Å². The van der Waals surface area contributed by atoms with E-state index < -0.39 is 0 Å². The molecular weight excluding hydrogens is 332 g/mol. The van der Waals surface area contributed by atoms with Crippen LogP contribution in [0.3, 0.4) is 0 Å². The number of nitrogens with zero attached hydrogens (tertiary/aromatic N) is 2. The Labute approximate surface area is 154 Å². The molecule has 1 atom stereocenters. The van der Waals surface area contributed by atoms with Crippen molar-refractivity contribution in [2.75, 3.05) is 38.8 Å². The van der Waals surface area contributed by atoms with Crippen molar-refractivity contribution in [1.29, 1.82) is 0 Å². The van der Waals surface area contributed by atoms with Gasteiger partial charge in [0.1, 0.15) is 5.82 Å². The molecule has 6 heteroatoms. The smallest absolute Gasteiger partial charge is 0.310 e. The fourth-order valence-corrected chi connectivity index (χ4v) is 3.50. The molecule has 1 fully saturated rings. The lowest BCUT2D eigenvalue weighted by atomic mass is 9.98. The molecule has 6 nitrogen and oxygen atoms in total. The van der Waals surface area contributed by atoms with Gasteiger partial charge in [-0.2, -0.15) is 0 Å². The molecular formula is C20H26N2O4. The standard InChI is InChI=1S/C20H26N2O4/c1-5-26-20(23)14-7-6-8-22(12-14)19-9-13(2)15-10-17(24-3)18(25-4)11-16(15)21-19/h9-11,14H,5-8,12H2,1-4H3/t14-/m1/s1. The van der Waals surface area contributed by atoms with Gasteiger partial charge in [-0.15, -0.1) is 0 Å². The van der Waals surface area contributed by atoms with Gasteiger partial charge in [0.25, 0.3) is 0 Å². The molecule has 1 aromatic heterocycles. The van der Waals surface area contributed by atoms with Crippen LogP contribution >= 0.6 is 0 Å². The highest BCUT2D eigenvalue weighted by atomic mass is 16.5. The van der Waals surface area contributed by atoms with Crippen LogP contribution in [0.1, 0.15) is 25.3 Å². The number of ether oxygens (including phenoxy) is 3. The molecule has 0 N–H and O–H groups in total. The number of aryl methyl sites for hydroxylation is 1. The Morgan fingerprint density at radius 3 is 2.65 bits per heavy atom. The number of benzene rings is 1. The fraction of sp³-hybridized carbons (Fsp3) is 0.500. The van der Waals surface area contributed by atoms with Crippen LogP contribution in [0.5, 0.6) is 11.5 Å². The molecule has 26 heavy (non-hydrogen) atoms. The summed E-state index contributed by atoms with van der Waals surface area (Å²) in [6.07, 6.45) is 1.82. The monoisotopic (exact) mass is 358 g/mol. The first-order chi connectivity index (χ1) is 12.6. The average molecular weight is 358 g/mol. The first-order valence-electron chi connectivity index (χ1n) is 9.02. The quantitative estimate of drug-likeness (QED) is 0.764. The molecule has 1 saturated heterocycles. The van der Waals surface area contributed by atoms with Crippen molar-refractivity contribution in [3.05, 3.63) is 23.8 Å². The minimum absolute atomic E-state index is 0.0908. The molecule has 0 spiro atoms. The number of piperidine rings is 1.